The van der Waals surface area contributed by atoms with E-state index < -0.39 is 0 Å². The number of aromatic nitrogens is 3. The van der Waals surface area contributed by atoms with E-state index in [4.69, 9.17) is 11.6 Å². The molecule has 1 aromatic carbocycles. The molecule has 2 aromatic heterocycles. The van der Waals surface area contributed by atoms with Crippen LogP contribution in [-0.2, 0) is 6.54 Å². The van der Waals surface area contributed by atoms with Crippen molar-refractivity contribution in [2.24, 2.45) is 5.41 Å². The summed E-state index contributed by atoms with van der Waals surface area (Å²) in [5.41, 5.74) is 2.51. The van der Waals surface area contributed by atoms with Crippen molar-refractivity contribution in [2.45, 2.75) is 38.6 Å². The van der Waals surface area contributed by atoms with Gasteiger partial charge >= 0.3 is 0 Å². The molecule has 7 heteroatoms. The average molecular weight is 432 g/mol. The summed E-state index contributed by atoms with van der Waals surface area (Å²) in [5.74, 6) is 0.810. The number of hydrogen-bond donors (Lipinski definition) is 1. The van der Waals surface area contributed by atoms with E-state index in [1.165, 1.54) is 0 Å². The van der Waals surface area contributed by atoms with Gasteiger partial charge in [0.1, 0.15) is 0 Å². The van der Waals surface area contributed by atoms with Gasteiger partial charge < -0.3 is 9.67 Å². The molecule has 0 spiro atoms. The first-order chi connectivity index (χ1) is 13.8. The molecule has 29 heavy (non-hydrogen) atoms. The molecular formula is C22H26ClN3O2S. The second-order valence-electron chi connectivity index (χ2n) is 7.85. The molecule has 0 radical (unpaired) electrons. The fourth-order valence-corrected chi connectivity index (χ4v) is 4.19. The number of rotatable bonds is 8. The number of hydrogen-bond acceptors (Lipinski definition) is 4. The number of halogens is 1. The molecule has 0 bridgehead atoms. The Balaban J connectivity index is 1.82. The fourth-order valence-electron chi connectivity index (χ4n) is 2.82. The van der Waals surface area contributed by atoms with Crippen molar-refractivity contribution < 1.29 is 5.11 Å². The van der Waals surface area contributed by atoms with E-state index in [0.29, 0.717) is 11.6 Å². The number of nitrogens with zero attached hydrogens (tertiary/aromatic N) is 3. The van der Waals surface area contributed by atoms with Gasteiger partial charge in [-0.3, -0.25) is 4.79 Å². The summed E-state index contributed by atoms with van der Waals surface area (Å²) < 4.78 is 3.45. The maximum absolute atomic E-state index is 11.9. The molecule has 5 nitrogen and oxygen atoms in total. The van der Waals surface area contributed by atoms with Crippen molar-refractivity contribution in [3.63, 3.8) is 0 Å². The van der Waals surface area contributed by atoms with Crippen LogP contribution in [0.25, 0.3) is 16.8 Å². The normalized spacial score (nSPS) is 11.8. The van der Waals surface area contributed by atoms with Gasteiger partial charge in [-0.15, -0.1) is 11.8 Å². The summed E-state index contributed by atoms with van der Waals surface area (Å²) >= 11 is 8.23. The molecular weight excluding hydrogens is 406 g/mol. The van der Waals surface area contributed by atoms with Gasteiger partial charge in [0.25, 0.3) is 5.56 Å². The van der Waals surface area contributed by atoms with Crippen LogP contribution in [0.15, 0.2) is 58.6 Å². The number of benzene rings is 1. The maximum Gasteiger partial charge on any atom is 0.250 e. The molecule has 0 aliphatic heterocycles. The zero-order valence-corrected chi connectivity index (χ0v) is 18.5. The van der Waals surface area contributed by atoms with Gasteiger partial charge in [-0.2, -0.15) is 5.10 Å². The van der Waals surface area contributed by atoms with Crippen molar-refractivity contribution in [2.75, 3.05) is 12.4 Å². The highest BCUT2D eigenvalue weighted by Gasteiger charge is 2.17. The number of pyridine rings is 1. The summed E-state index contributed by atoms with van der Waals surface area (Å²) in [7, 11) is 0. The summed E-state index contributed by atoms with van der Waals surface area (Å²) in [6, 6.07) is 9.33. The van der Waals surface area contributed by atoms with Crippen LogP contribution in [0.3, 0.4) is 0 Å². The van der Waals surface area contributed by atoms with Crippen LogP contribution in [0.1, 0.15) is 27.2 Å². The van der Waals surface area contributed by atoms with Crippen molar-refractivity contribution in [3.8, 4) is 16.8 Å². The van der Waals surface area contributed by atoms with Crippen molar-refractivity contribution in [1.82, 2.24) is 14.3 Å². The lowest BCUT2D eigenvalue weighted by atomic mass is 9.98. The second-order valence-corrected chi connectivity index (χ2v) is 9.30. The Morgan fingerprint density at radius 1 is 1.21 bits per heavy atom. The number of aryl methyl sites for hydroxylation is 1. The van der Waals surface area contributed by atoms with E-state index in [2.05, 4.69) is 5.10 Å². The predicted molar refractivity (Wildman–Crippen MR) is 120 cm³/mol. The SMILES string of the molecule is CCCn1cc(-n2cc(-c3ccc(SCC(C)(C)CO)cc3Cl)cn2)ccc1=O. The van der Waals surface area contributed by atoms with Crippen LogP contribution in [0.5, 0.6) is 0 Å². The van der Waals surface area contributed by atoms with E-state index in [9.17, 15) is 9.90 Å². The maximum atomic E-state index is 11.9. The Morgan fingerprint density at radius 2 is 2.00 bits per heavy atom. The van der Waals surface area contributed by atoms with Gasteiger partial charge in [0.15, 0.2) is 0 Å². The van der Waals surface area contributed by atoms with Crippen molar-refractivity contribution in [1.29, 1.82) is 0 Å². The number of aliphatic hydroxyl groups is 1. The van der Waals surface area contributed by atoms with Crippen LogP contribution < -0.4 is 5.56 Å². The fraction of sp³-hybridized carbons (Fsp3) is 0.364. The minimum atomic E-state index is -0.134. The Hall–Kier alpha value is -2.02. The lowest BCUT2D eigenvalue weighted by molar-refractivity contribution is 0.181. The molecule has 1 N–H and O–H groups in total. The van der Waals surface area contributed by atoms with Gasteiger partial charge in [-0.1, -0.05) is 38.4 Å². The van der Waals surface area contributed by atoms with E-state index in [1.54, 1.807) is 39.3 Å². The van der Waals surface area contributed by atoms with Crippen LogP contribution >= 0.6 is 23.4 Å². The first-order valence-corrected chi connectivity index (χ1v) is 11.0. The third-order valence-electron chi connectivity index (χ3n) is 4.59. The molecule has 0 amide bonds. The molecule has 0 saturated heterocycles. The summed E-state index contributed by atoms with van der Waals surface area (Å²) in [6.45, 7) is 6.94. The zero-order chi connectivity index (χ0) is 21.0. The van der Waals surface area contributed by atoms with E-state index in [-0.39, 0.29) is 17.6 Å². The molecule has 0 saturated carbocycles. The Morgan fingerprint density at radius 3 is 2.69 bits per heavy atom. The minimum Gasteiger partial charge on any atom is -0.396 e. The van der Waals surface area contributed by atoms with E-state index in [1.807, 2.05) is 51.4 Å². The smallest absolute Gasteiger partial charge is 0.250 e. The Kier molecular flexibility index (Phi) is 6.88. The number of thioether (sulfide) groups is 1. The van der Waals surface area contributed by atoms with E-state index in [0.717, 1.165) is 33.9 Å². The van der Waals surface area contributed by atoms with Gasteiger partial charge in [0, 0.05) is 58.4 Å². The quantitative estimate of drug-likeness (QED) is 0.516. The largest absolute Gasteiger partial charge is 0.396 e. The lowest BCUT2D eigenvalue weighted by Gasteiger charge is -2.20. The summed E-state index contributed by atoms with van der Waals surface area (Å²) in [5, 5.41) is 14.5. The molecule has 0 unspecified atom stereocenters. The van der Waals surface area contributed by atoms with Gasteiger partial charge in [-0.25, -0.2) is 4.68 Å². The van der Waals surface area contributed by atoms with Crippen LogP contribution in [0.4, 0.5) is 0 Å². The van der Waals surface area contributed by atoms with Crippen LogP contribution in [0, 0.1) is 5.41 Å². The highest BCUT2D eigenvalue weighted by Crippen LogP contribution is 2.34. The van der Waals surface area contributed by atoms with Gasteiger partial charge in [-0.05, 0) is 30.0 Å². The average Bonchev–Trinajstić information content (AvgIpc) is 3.18. The van der Waals surface area contributed by atoms with Gasteiger partial charge in [0.05, 0.1) is 11.9 Å². The molecule has 3 aromatic rings. The Bertz CT molecular complexity index is 1040. The van der Waals surface area contributed by atoms with Crippen LogP contribution in [-0.4, -0.2) is 31.8 Å². The van der Waals surface area contributed by atoms with Crippen molar-refractivity contribution >= 4 is 23.4 Å². The van der Waals surface area contributed by atoms with Crippen molar-refractivity contribution in [3.05, 3.63) is 64.3 Å². The Labute approximate surface area is 180 Å². The second kappa shape index (κ2) is 9.20. The van der Waals surface area contributed by atoms with E-state index >= 15 is 0 Å². The third kappa shape index (κ3) is 5.32. The highest BCUT2D eigenvalue weighted by atomic mass is 35.5. The first-order valence-electron chi connectivity index (χ1n) is 9.62. The monoisotopic (exact) mass is 431 g/mol. The minimum absolute atomic E-state index is 0.0107. The molecule has 0 atom stereocenters. The molecule has 0 fully saturated rings. The highest BCUT2D eigenvalue weighted by molar-refractivity contribution is 7.99. The topological polar surface area (TPSA) is 60.1 Å². The number of aliphatic hydroxyl groups excluding tert-OH is 1. The summed E-state index contributed by atoms with van der Waals surface area (Å²) in [4.78, 5) is 13.0. The van der Waals surface area contributed by atoms with Crippen LogP contribution in [0.2, 0.25) is 5.02 Å². The molecule has 154 valence electrons. The standard InChI is InChI=1S/C22H26ClN3O2S/c1-4-9-25-13-17(5-8-21(25)28)26-12-16(11-24-26)19-7-6-18(10-20(19)23)29-15-22(2,3)14-27/h5-8,10-13,27H,4,9,14-15H2,1-3H3. The zero-order valence-electron chi connectivity index (χ0n) is 16.9. The third-order valence-corrected chi connectivity index (χ3v) is 6.41. The van der Waals surface area contributed by atoms with Gasteiger partial charge in [0.2, 0.25) is 0 Å². The molecule has 2 heterocycles. The molecule has 0 aliphatic carbocycles. The predicted octanol–water partition coefficient (Wildman–Crippen LogP) is 4.88. The lowest BCUT2D eigenvalue weighted by Crippen LogP contribution is -2.19. The molecule has 0 aliphatic rings. The molecule has 3 rings (SSSR count). The summed E-state index contributed by atoms with van der Waals surface area (Å²) in [6.07, 6.45) is 6.41. The first kappa shape index (κ1) is 21.7.